The maximum Gasteiger partial charge on any atom is 0.288 e. The predicted molar refractivity (Wildman–Crippen MR) is 64.9 cm³/mol. The molecule has 2 amide bonds. The number of carbonyl (C=O) groups excluding carboxylic acids is 2. The Bertz CT molecular complexity index is 259. The van der Waals surface area contributed by atoms with Crippen molar-refractivity contribution < 1.29 is 19.4 Å². The molecule has 1 aliphatic heterocycles. The van der Waals surface area contributed by atoms with Crippen molar-refractivity contribution in [2.75, 3.05) is 39.1 Å². The first-order valence-electron chi connectivity index (χ1n) is 5.50. The lowest BCUT2D eigenvalue weighted by atomic mass is 10.3. The number of aliphatic hydroxyl groups is 1. The van der Waals surface area contributed by atoms with Gasteiger partial charge in [0.1, 0.15) is 0 Å². The fraction of sp³-hybridized carbons (Fsp3) is 0.800. The van der Waals surface area contributed by atoms with Crippen molar-refractivity contribution in [3.05, 3.63) is 0 Å². The van der Waals surface area contributed by atoms with Gasteiger partial charge >= 0.3 is 0 Å². The van der Waals surface area contributed by atoms with E-state index in [1.807, 2.05) is 0 Å². The lowest BCUT2D eigenvalue weighted by molar-refractivity contribution is -0.128. The highest BCUT2D eigenvalue weighted by atomic mass is 32.2. The number of hydrogen-bond donors (Lipinski definition) is 2. The Balaban J connectivity index is 2.26. The van der Waals surface area contributed by atoms with E-state index in [1.54, 1.807) is 7.11 Å². The van der Waals surface area contributed by atoms with Crippen molar-refractivity contribution >= 4 is 22.9 Å². The van der Waals surface area contributed by atoms with Crippen LogP contribution in [0.3, 0.4) is 0 Å². The zero-order valence-corrected chi connectivity index (χ0v) is 10.7. The zero-order valence-electron chi connectivity index (χ0n) is 9.85. The molecule has 0 radical (unpaired) electrons. The highest BCUT2D eigenvalue weighted by molar-refractivity contribution is 8.13. The second-order valence-electron chi connectivity index (χ2n) is 3.72. The van der Waals surface area contributed by atoms with E-state index in [2.05, 4.69) is 5.32 Å². The van der Waals surface area contributed by atoms with Crippen LogP contribution < -0.4 is 5.32 Å². The summed E-state index contributed by atoms with van der Waals surface area (Å²) < 4.78 is 4.84. The third-order valence-electron chi connectivity index (χ3n) is 2.32. The van der Waals surface area contributed by atoms with E-state index in [1.165, 1.54) is 0 Å². The number of carbonyl (C=O) groups is 2. The molecule has 1 heterocycles. The summed E-state index contributed by atoms with van der Waals surface area (Å²) in [4.78, 5) is 24.0. The number of aliphatic hydroxyl groups excluding tert-OH is 1. The van der Waals surface area contributed by atoms with Crippen LogP contribution in [0.5, 0.6) is 0 Å². The van der Waals surface area contributed by atoms with E-state index >= 15 is 0 Å². The minimum Gasteiger partial charge on any atom is -0.390 e. The molecule has 0 bridgehead atoms. The van der Waals surface area contributed by atoms with Crippen LogP contribution >= 0.6 is 11.8 Å². The average molecular weight is 262 g/mol. The topological polar surface area (TPSA) is 78.9 Å². The Kier molecular flexibility index (Phi) is 6.49. The van der Waals surface area contributed by atoms with Crippen molar-refractivity contribution in [2.45, 2.75) is 12.5 Å². The third-order valence-corrected chi connectivity index (χ3v) is 3.19. The Labute approximate surface area is 105 Å². The van der Waals surface area contributed by atoms with Crippen LogP contribution in [-0.2, 0) is 9.53 Å². The molecule has 1 saturated heterocycles. The van der Waals surface area contributed by atoms with E-state index in [4.69, 9.17) is 4.74 Å². The molecule has 17 heavy (non-hydrogen) atoms. The number of rotatable bonds is 7. The quantitative estimate of drug-likeness (QED) is 0.612. The smallest absolute Gasteiger partial charge is 0.288 e. The van der Waals surface area contributed by atoms with Gasteiger partial charge in [-0.1, -0.05) is 11.8 Å². The molecular formula is C10H18N2O4S. The predicted octanol–water partition coefficient (Wildman–Crippen LogP) is -0.331. The molecule has 0 aromatic rings. The standard InChI is InChI=1S/C10H18N2O4S/c1-16-4-3-11-6-8(13)7-12-9(14)2-5-17-10(12)15/h8,11,13H,2-7H2,1H3. The average Bonchev–Trinajstić information content (AvgIpc) is 2.30. The van der Waals surface area contributed by atoms with E-state index in [-0.39, 0.29) is 17.7 Å². The van der Waals surface area contributed by atoms with Crippen LogP contribution in [0.2, 0.25) is 0 Å². The molecule has 1 atom stereocenters. The summed E-state index contributed by atoms with van der Waals surface area (Å²) in [5.74, 6) is 0.334. The van der Waals surface area contributed by atoms with Gasteiger partial charge in [0.25, 0.3) is 5.24 Å². The monoisotopic (exact) mass is 262 g/mol. The van der Waals surface area contributed by atoms with Crippen molar-refractivity contribution in [1.82, 2.24) is 10.2 Å². The van der Waals surface area contributed by atoms with Gasteiger partial charge in [0.2, 0.25) is 5.91 Å². The molecule has 98 valence electrons. The molecule has 0 aromatic heterocycles. The summed E-state index contributed by atoms with van der Waals surface area (Å²) in [6.07, 6.45) is -0.376. The van der Waals surface area contributed by atoms with E-state index in [9.17, 15) is 14.7 Å². The largest absolute Gasteiger partial charge is 0.390 e. The number of nitrogens with zero attached hydrogens (tertiary/aromatic N) is 1. The first-order chi connectivity index (χ1) is 8.15. The Morgan fingerprint density at radius 1 is 1.59 bits per heavy atom. The van der Waals surface area contributed by atoms with Crippen molar-refractivity contribution in [2.24, 2.45) is 0 Å². The zero-order chi connectivity index (χ0) is 12.7. The van der Waals surface area contributed by atoms with Gasteiger partial charge in [-0.3, -0.25) is 14.5 Å². The number of nitrogens with one attached hydrogen (secondary N) is 1. The SMILES string of the molecule is COCCNCC(O)CN1C(=O)CCSC1=O. The number of hydrogen-bond acceptors (Lipinski definition) is 6. The molecule has 0 aliphatic carbocycles. The van der Waals surface area contributed by atoms with Crippen molar-refractivity contribution in [1.29, 1.82) is 0 Å². The van der Waals surface area contributed by atoms with Gasteiger partial charge in [-0.2, -0.15) is 0 Å². The summed E-state index contributed by atoms with van der Waals surface area (Å²) in [7, 11) is 1.60. The minimum atomic E-state index is -0.738. The summed E-state index contributed by atoms with van der Waals surface area (Å²) in [6, 6.07) is 0. The van der Waals surface area contributed by atoms with Crippen LogP contribution in [0.25, 0.3) is 0 Å². The first-order valence-corrected chi connectivity index (χ1v) is 6.48. The number of methoxy groups -OCH3 is 1. The summed E-state index contributed by atoms with van der Waals surface area (Å²) in [5, 5.41) is 12.4. The minimum absolute atomic E-state index is 0.0602. The lowest BCUT2D eigenvalue weighted by Gasteiger charge is -2.26. The van der Waals surface area contributed by atoms with Gasteiger partial charge in [0, 0.05) is 32.4 Å². The van der Waals surface area contributed by atoms with Gasteiger partial charge in [0.15, 0.2) is 0 Å². The number of imide groups is 1. The molecule has 0 spiro atoms. The second kappa shape index (κ2) is 7.65. The molecule has 2 N–H and O–H groups in total. The van der Waals surface area contributed by atoms with E-state index in [0.29, 0.717) is 31.9 Å². The fourth-order valence-electron chi connectivity index (χ4n) is 1.43. The van der Waals surface area contributed by atoms with E-state index in [0.717, 1.165) is 16.7 Å². The van der Waals surface area contributed by atoms with Crippen LogP contribution in [0.4, 0.5) is 4.79 Å². The number of β-amino-alcohol motifs (C(OH)–C–C–N with tert-alkyl or cyclic N) is 1. The fourth-order valence-corrected chi connectivity index (χ4v) is 2.22. The van der Waals surface area contributed by atoms with Crippen LogP contribution in [0, 0.1) is 0 Å². The molecule has 1 fully saturated rings. The van der Waals surface area contributed by atoms with E-state index < -0.39 is 6.10 Å². The molecular weight excluding hydrogens is 244 g/mol. The van der Waals surface area contributed by atoms with Gasteiger partial charge in [-0.15, -0.1) is 0 Å². The van der Waals surface area contributed by atoms with Gasteiger partial charge in [-0.05, 0) is 0 Å². The summed E-state index contributed by atoms with van der Waals surface area (Å²) >= 11 is 1.12. The van der Waals surface area contributed by atoms with Crippen molar-refractivity contribution in [3.63, 3.8) is 0 Å². The van der Waals surface area contributed by atoms with Crippen LogP contribution in [-0.4, -0.2) is 66.4 Å². The number of ether oxygens (including phenoxy) is 1. The lowest BCUT2D eigenvalue weighted by Crippen LogP contribution is -2.45. The second-order valence-corrected chi connectivity index (χ2v) is 4.77. The Morgan fingerprint density at radius 3 is 3.00 bits per heavy atom. The Hall–Kier alpha value is -0.630. The number of amides is 2. The highest BCUT2D eigenvalue weighted by Crippen LogP contribution is 2.18. The normalized spacial score (nSPS) is 18.6. The van der Waals surface area contributed by atoms with Gasteiger partial charge in [0.05, 0.1) is 19.3 Å². The van der Waals surface area contributed by atoms with Crippen LogP contribution in [0.15, 0.2) is 0 Å². The molecule has 1 aliphatic rings. The molecule has 1 unspecified atom stereocenters. The van der Waals surface area contributed by atoms with Crippen LogP contribution in [0.1, 0.15) is 6.42 Å². The first kappa shape index (κ1) is 14.4. The molecule has 6 nitrogen and oxygen atoms in total. The summed E-state index contributed by atoms with van der Waals surface area (Å²) in [5.41, 5.74) is 0. The van der Waals surface area contributed by atoms with Crippen molar-refractivity contribution in [3.8, 4) is 0 Å². The third kappa shape index (κ3) is 5.03. The summed E-state index contributed by atoms with van der Waals surface area (Å²) in [6.45, 7) is 1.59. The maximum absolute atomic E-state index is 11.5. The molecule has 0 saturated carbocycles. The molecule has 0 aromatic carbocycles. The maximum atomic E-state index is 11.5. The highest BCUT2D eigenvalue weighted by Gasteiger charge is 2.28. The Morgan fingerprint density at radius 2 is 2.35 bits per heavy atom. The van der Waals surface area contributed by atoms with Gasteiger partial charge in [-0.25, -0.2) is 0 Å². The number of thioether (sulfide) groups is 1. The molecule has 7 heteroatoms. The molecule has 1 rings (SSSR count). The van der Waals surface area contributed by atoms with Gasteiger partial charge < -0.3 is 15.2 Å².